The van der Waals surface area contributed by atoms with Gasteiger partial charge in [-0.25, -0.2) is 0 Å². The van der Waals surface area contributed by atoms with Crippen LogP contribution in [0.3, 0.4) is 0 Å². The predicted molar refractivity (Wildman–Crippen MR) is 94.5 cm³/mol. The minimum Gasteiger partial charge on any atom is -0.326 e. The van der Waals surface area contributed by atoms with Gasteiger partial charge in [0, 0.05) is 36.6 Å². The van der Waals surface area contributed by atoms with Crippen LogP contribution >= 0.6 is 24.8 Å². The molecule has 0 atom stereocenters. The molecule has 0 unspecified atom stereocenters. The fourth-order valence-electron chi connectivity index (χ4n) is 2.52. The number of hydrogen-bond acceptors (Lipinski definition) is 4. The van der Waals surface area contributed by atoms with Crippen molar-refractivity contribution in [2.75, 3.05) is 11.9 Å². The lowest BCUT2D eigenvalue weighted by atomic mass is 9.85. The number of amides is 1. The zero-order valence-corrected chi connectivity index (χ0v) is 14.5. The summed E-state index contributed by atoms with van der Waals surface area (Å²) in [5.74, 6) is 0.267. The van der Waals surface area contributed by atoms with Crippen molar-refractivity contribution in [3.8, 4) is 0 Å². The Hall–Kier alpha value is -0.880. The van der Waals surface area contributed by atoms with Crippen molar-refractivity contribution >= 4 is 36.4 Å². The van der Waals surface area contributed by atoms with E-state index in [4.69, 9.17) is 0 Å². The van der Waals surface area contributed by atoms with Gasteiger partial charge in [-0.2, -0.15) is 0 Å². The first-order chi connectivity index (χ1) is 9.79. The second-order valence-corrected chi connectivity index (χ2v) is 5.34. The summed E-state index contributed by atoms with van der Waals surface area (Å²) in [7, 11) is 0. The van der Waals surface area contributed by atoms with E-state index >= 15 is 0 Å². The summed E-state index contributed by atoms with van der Waals surface area (Å²) in [5.41, 5.74) is 7.40. The van der Waals surface area contributed by atoms with E-state index in [1.165, 1.54) is 0 Å². The zero-order chi connectivity index (χ0) is 14.2. The molecule has 1 aromatic heterocycles. The Bertz CT molecular complexity index is 411. The molecule has 126 valence electrons. The van der Waals surface area contributed by atoms with Gasteiger partial charge in [0.2, 0.25) is 5.91 Å². The predicted octanol–water partition coefficient (Wildman–Crippen LogP) is 2.93. The molecule has 1 aliphatic rings. The summed E-state index contributed by atoms with van der Waals surface area (Å²) < 4.78 is 0. The summed E-state index contributed by atoms with van der Waals surface area (Å²) in [5, 5.41) is 2.96. The Morgan fingerprint density at radius 3 is 2.41 bits per heavy atom. The second kappa shape index (κ2) is 11.7. The zero-order valence-electron chi connectivity index (χ0n) is 12.9. The van der Waals surface area contributed by atoms with Crippen molar-refractivity contribution in [2.45, 2.75) is 45.1 Å². The molecule has 7 heteroatoms. The maximum atomic E-state index is 12.2. The fourth-order valence-corrected chi connectivity index (χ4v) is 2.52. The Morgan fingerprint density at radius 2 is 1.82 bits per heavy atom. The van der Waals surface area contributed by atoms with Crippen LogP contribution in [-0.2, 0) is 4.79 Å². The molecular formula is C15H26Cl2N4O. The summed E-state index contributed by atoms with van der Waals surface area (Å²) in [6, 6.07) is 4.13. The smallest absolute Gasteiger partial charge is 0.227 e. The molecule has 3 N–H and O–H groups in total. The highest BCUT2D eigenvalue weighted by atomic mass is 35.5. The van der Waals surface area contributed by atoms with Gasteiger partial charge in [0.15, 0.2) is 0 Å². The first-order valence-electron chi connectivity index (χ1n) is 7.49. The molecule has 22 heavy (non-hydrogen) atoms. The number of nitrogens with zero attached hydrogens (tertiary/aromatic N) is 1. The molecule has 2 rings (SSSR count). The Morgan fingerprint density at radius 1 is 1.18 bits per heavy atom. The molecule has 1 amide bonds. The van der Waals surface area contributed by atoms with Crippen LogP contribution in [-0.4, -0.2) is 23.5 Å². The van der Waals surface area contributed by atoms with Crippen LogP contribution < -0.4 is 16.2 Å². The van der Waals surface area contributed by atoms with Gasteiger partial charge in [-0.05, 0) is 44.2 Å². The molecule has 0 bridgehead atoms. The highest BCUT2D eigenvalue weighted by Crippen LogP contribution is 2.25. The monoisotopic (exact) mass is 348 g/mol. The van der Waals surface area contributed by atoms with E-state index in [1.54, 1.807) is 12.4 Å². The molecule has 0 radical (unpaired) electrons. The van der Waals surface area contributed by atoms with Crippen LogP contribution in [0, 0.1) is 5.92 Å². The van der Waals surface area contributed by atoms with Gasteiger partial charge >= 0.3 is 0 Å². The number of anilines is 1. The van der Waals surface area contributed by atoms with Crippen molar-refractivity contribution in [3.63, 3.8) is 0 Å². The fraction of sp³-hybridized carbons (Fsp3) is 0.600. The Labute approximate surface area is 144 Å². The number of hydrazine groups is 1. The van der Waals surface area contributed by atoms with Crippen molar-refractivity contribution in [3.05, 3.63) is 24.5 Å². The normalized spacial score (nSPS) is 20.4. The van der Waals surface area contributed by atoms with Gasteiger partial charge in [-0.1, -0.05) is 6.92 Å². The molecule has 1 heterocycles. The lowest BCUT2D eigenvalue weighted by Crippen LogP contribution is -2.44. The summed E-state index contributed by atoms with van der Waals surface area (Å²) in [6.07, 6.45) is 8.49. The molecule has 0 aromatic carbocycles. The third-order valence-electron chi connectivity index (χ3n) is 3.73. The number of pyridine rings is 1. The number of hydrogen-bond donors (Lipinski definition) is 3. The van der Waals surface area contributed by atoms with E-state index < -0.39 is 0 Å². The standard InChI is InChI=1S/C15H24N4O.2ClH/c1-2-9-17-19-14-5-3-12(4-6-14)15(20)18-13-7-10-16-11-8-13;;/h7-8,10-12,14,17,19H,2-6,9H2,1H3,(H,16,18,20);2*1H. The lowest BCUT2D eigenvalue weighted by molar-refractivity contribution is -0.120. The van der Waals surface area contributed by atoms with E-state index in [0.717, 1.165) is 44.3 Å². The molecular weight excluding hydrogens is 323 g/mol. The largest absolute Gasteiger partial charge is 0.326 e. The Kier molecular flexibility index (Phi) is 11.2. The van der Waals surface area contributed by atoms with Gasteiger partial charge in [0.1, 0.15) is 0 Å². The number of halogens is 2. The second-order valence-electron chi connectivity index (χ2n) is 5.34. The number of carbonyl (C=O) groups is 1. The van der Waals surface area contributed by atoms with Crippen LogP contribution in [0.25, 0.3) is 0 Å². The number of carbonyl (C=O) groups excluding carboxylic acids is 1. The average molecular weight is 349 g/mol. The van der Waals surface area contributed by atoms with Crippen molar-refractivity contribution in [1.29, 1.82) is 0 Å². The molecule has 1 saturated carbocycles. The van der Waals surface area contributed by atoms with Crippen molar-refractivity contribution in [2.24, 2.45) is 5.92 Å². The van der Waals surface area contributed by atoms with Gasteiger partial charge in [-0.15, -0.1) is 24.8 Å². The maximum absolute atomic E-state index is 12.2. The van der Waals surface area contributed by atoms with Gasteiger partial charge < -0.3 is 5.32 Å². The van der Waals surface area contributed by atoms with E-state index in [0.29, 0.717) is 6.04 Å². The van der Waals surface area contributed by atoms with Gasteiger partial charge in [-0.3, -0.25) is 20.6 Å². The average Bonchev–Trinajstić information content (AvgIpc) is 2.49. The maximum Gasteiger partial charge on any atom is 0.227 e. The molecule has 5 nitrogen and oxygen atoms in total. The van der Waals surface area contributed by atoms with E-state index in [1.807, 2.05) is 12.1 Å². The quantitative estimate of drug-likeness (QED) is 0.546. The first-order valence-corrected chi connectivity index (χ1v) is 7.49. The SMILES string of the molecule is CCCNNC1CCC(C(=O)Nc2ccncc2)CC1.Cl.Cl. The van der Waals surface area contributed by atoms with Crippen LogP contribution in [0.1, 0.15) is 39.0 Å². The highest BCUT2D eigenvalue weighted by Gasteiger charge is 2.26. The number of nitrogens with one attached hydrogen (secondary N) is 3. The highest BCUT2D eigenvalue weighted by molar-refractivity contribution is 5.92. The lowest BCUT2D eigenvalue weighted by Gasteiger charge is -2.28. The summed E-state index contributed by atoms with van der Waals surface area (Å²) in [6.45, 7) is 3.14. The minimum absolute atomic E-state index is 0. The third-order valence-corrected chi connectivity index (χ3v) is 3.73. The molecule has 0 saturated heterocycles. The van der Waals surface area contributed by atoms with E-state index in [9.17, 15) is 4.79 Å². The molecule has 0 aliphatic heterocycles. The van der Waals surface area contributed by atoms with Gasteiger partial charge in [0.25, 0.3) is 0 Å². The minimum atomic E-state index is 0. The van der Waals surface area contributed by atoms with Crippen molar-refractivity contribution < 1.29 is 4.79 Å². The number of rotatable bonds is 6. The van der Waals surface area contributed by atoms with Crippen LogP contribution in [0.5, 0.6) is 0 Å². The topological polar surface area (TPSA) is 66.0 Å². The van der Waals surface area contributed by atoms with E-state index in [2.05, 4.69) is 28.1 Å². The third kappa shape index (κ3) is 6.92. The van der Waals surface area contributed by atoms with Crippen LogP contribution in [0.4, 0.5) is 5.69 Å². The number of aromatic nitrogens is 1. The van der Waals surface area contributed by atoms with Crippen LogP contribution in [0.15, 0.2) is 24.5 Å². The Balaban J connectivity index is 0.00000220. The summed E-state index contributed by atoms with van der Waals surface area (Å²) >= 11 is 0. The van der Waals surface area contributed by atoms with Gasteiger partial charge in [0.05, 0.1) is 0 Å². The molecule has 1 aromatic rings. The van der Waals surface area contributed by atoms with Crippen LogP contribution in [0.2, 0.25) is 0 Å². The molecule has 0 spiro atoms. The molecule has 1 aliphatic carbocycles. The first kappa shape index (κ1) is 21.1. The molecule has 1 fully saturated rings. The summed E-state index contributed by atoms with van der Waals surface area (Å²) in [4.78, 5) is 16.1. The van der Waals surface area contributed by atoms with E-state index in [-0.39, 0.29) is 36.6 Å². The van der Waals surface area contributed by atoms with Crippen molar-refractivity contribution in [1.82, 2.24) is 15.8 Å².